The van der Waals surface area contributed by atoms with Gasteiger partial charge in [0.1, 0.15) is 11.6 Å². The third-order valence-corrected chi connectivity index (χ3v) is 2.91. The summed E-state index contributed by atoms with van der Waals surface area (Å²) in [6, 6.07) is 2.55. The number of ketones is 1. The van der Waals surface area contributed by atoms with Gasteiger partial charge in [-0.2, -0.15) is 0 Å². The second kappa shape index (κ2) is 7.87. The molecule has 1 aromatic carbocycles. The normalized spacial score (nSPS) is 10.5. The lowest BCUT2D eigenvalue weighted by Crippen LogP contribution is -2.02. The quantitative estimate of drug-likeness (QED) is 0.666. The Morgan fingerprint density at radius 3 is 2.58 bits per heavy atom. The van der Waals surface area contributed by atoms with Crippen LogP contribution in [-0.2, 0) is 11.2 Å². The SMILES string of the molecule is CCOc1ccc(F)c(CCCCCC(C)=O)c1F. The monoisotopic (exact) mass is 270 g/mol. The second-order valence-corrected chi connectivity index (χ2v) is 4.53. The van der Waals surface area contributed by atoms with Gasteiger partial charge in [-0.1, -0.05) is 6.42 Å². The molecule has 1 aromatic rings. The van der Waals surface area contributed by atoms with Crippen molar-refractivity contribution in [2.75, 3.05) is 6.61 Å². The lowest BCUT2D eigenvalue weighted by atomic mass is 10.0. The Morgan fingerprint density at radius 2 is 1.95 bits per heavy atom. The Labute approximate surface area is 112 Å². The zero-order valence-corrected chi connectivity index (χ0v) is 11.5. The Morgan fingerprint density at radius 1 is 1.21 bits per heavy atom. The smallest absolute Gasteiger partial charge is 0.171 e. The summed E-state index contributed by atoms with van der Waals surface area (Å²) in [5, 5.41) is 0. The summed E-state index contributed by atoms with van der Waals surface area (Å²) in [4.78, 5) is 10.8. The number of carbonyl (C=O) groups excluding carboxylic acids is 1. The molecule has 0 unspecified atom stereocenters. The Balaban J connectivity index is 2.57. The van der Waals surface area contributed by atoms with Gasteiger partial charge in [-0.15, -0.1) is 0 Å². The zero-order valence-electron chi connectivity index (χ0n) is 11.5. The molecule has 0 aliphatic rings. The predicted octanol–water partition coefficient (Wildman–Crippen LogP) is 4.06. The number of hydrogen-bond donors (Lipinski definition) is 0. The molecule has 0 saturated heterocycles. The van der Waals surface area contributed by atoms with Crippen molar-refractivity contribution in [2.24, 2.45) is 0 Å². The summed E-state index contributed by atoms with van der Waals surface area (Å²) in [5.41, 5.74) is 0.0776. The summed E-state index contributed by atoms with van der Waals surface area (Å²) in [6.45, 7) is 3.65. The van der Waals surface area contributed by atoms with E-state index in [1.165, 1.54) is 12.1 Å². The Bertz CT molecular complexity index is 430. The molecule has 0 spiro atoms. The molecule has 0 amide bonds. The lowest BCUT2D eigenvalue weighted by Gasteiger charge is -2.10. The number of unbranched alkanes of at least 4 members (excludes halogenated alkanes) is 2. The first-order chi connectivity index (χ1) is 9.06. The molecule has 0 aliphatic heterocycles. The van der Waals surface area contributed by atoms with E-state index >= 15 is 0 Å². The highest BCUT2D eigenvalue weighted by atomic mass is 19.1. The van der Waals surface area contributed by atoms with Crippen LogP contribution < -0.4 is 4.74 Å². The van der Waals surface area contributed by atoms with Crippen molar-refractivity contribution in [2.45, 2.75) is 46.0 Å². The first kappa shape index (κ1) is 15.6. The average Bonchev–Trinajstić information content (AvgIpc) is 2.36. The van der Waals surface area contributed by atoms with Crippen LogP contribution in [-0.4, -0.2) is 12.4 Å². The molecule has 0 saturated carbocycles. The molecule has 106 valence electrons. The highest BCUT2D eigenvalue weighted by molar-refractivity contribution is 5.75. The van der Waals surface area contributed by atoms with Crippen molar-refractivity contribution in [3.63, 3.8) is 0 Å². The molecule has 0 N–H and O–H groups in total. The summed E-state index contributed by atoms with van der Waals surface area (Å²) in [6.07, 6.45) is 3.08. The van der Waals surface area contributed by atoms with Crippen LogP contribution in [0, 0.1) is 11.6 Å². The molecule has 0 fully saturated rings. The van der Waals surface area contributed by atoms with E-state index in [1.54, 1.807) is 13.8 Å². The van der Waals surface area contributed by atoms with E-state index in [9.17, 15) is 13.6 Å². The largest absolute Gasteiger partial charge is 0.491 e. The van der Waals surface area contributed by atoms with Crippen LogP contribution in [0.1, 0.15) is 45.1 Å². The predicted molar refractivity (Wildman–Crippen MR) is 70.4 cm³/mol. The topological polar surface area (TPSA) is 26.3 Å². The maximum absolute atomic E-state index is 13.9. The molecule has 0 aromatic heterocycles. The molecule has 0 radical (unpaired) electrons. The second-order valence-electron chi connectivity index (χ2n) is 4.53. The van der Waals surface area contributed by atoms with Gasteiger partial charge in [-0.3, -0.25) is 0 Å². The molecule has 1 rings (SSSR count). The minimum Gasteiger partial charge on any atom is -0.491 e. The molecule has 2 nitrogen and oxygen atoms in total. The first-order valence-corrected chi connectivity index (χ1v) is 6.65. The number of halogens is 2. The molecule has 4 heteroatoms. The Kier molecular flexibility index (Phi) is 6.46. The fourth-order valence-electron chi connectivity index (χ4n) is 1.92. The van der Waals surface area contributed by atoms with Crippen molar-refractivity contribution in [1.29, 1.82) is 0 Å². The van der Waals surface area contributed by atoms with Gasteiger partial charge in [0.2, 0.25) is 0 Å². The van der Waals surface area contributed by atoms with Gasteiger partial charge in [0.25, 0.3) is 0 Å². The molecule has 0 heterocycles. The van der Waals surface area contributed by atoms with E-state index in [0.717, 1.165) is 12.8 Å². The molecule has 19 heavy (non-hydrogen) atoms. The van der Waals surface area contributed by atoms with Crippen LogP contribution in [0.4, 0.5) is 8.78 Å². The summed E-state index contributed by atoms with van der Waals surface area (Å²) in [7, 11) is 0. The van der Waals surface area contributed by atoms with E-state index < -0.39 is 11.6 Å². The lowest BCUT2D eigenvalue weighted by molar-refractivity contribution is -0.117. The van der Waals surface area contributed by atoms with Gasteiger partial charge >= 0.3 is 0 Å². The van der Waals surface area contributed by atoms with Crippen molar-refractivity contribution < 1.29 is 18.3 Å². The van der Waals surface area contributed by atoms with E-state index in [4.69, 9.17) is 4.74 Å². The number of ether oxygens (including phenoxy) is 1. The summed E-state index contributed by atoms with van der Waals surface area (Å²) < 4.78 is 32.6. The summed E-state index contributed by atoms with van der Waals surface area (Å²) >= 11 is 0. The molecular formula is C15H20F2O2. The van der Waals surface area contributed by atoms with Gasteiger partial charge in [-0.25, -0.2) is 8.78 Å². The van der Waals surface area contributed by atoms with Crippen LogP contribution in [0.2, 0.25) is 0 Å². The standard InChI is InChI=1S/C15H20F2O2/c1-3-19-14-10-9-13(16)12(15(14)17)8-6-4-5-7-11(2)18/h9-10H,3-8H2,1-2H3. The van der Waals surface area contributed by atoms with Crippen LogP contribution in [0.3, 0.4) is 0 Å². The van der Waals surface area contributed by atoms with Gasteiger partial charge in [0.05, 0.1) is 6.61 Å². The zero-order chi connectivity index (χ0) is 14.3. The van der Waals surface area contributed by atoms with Crippen molar-refractivity contribution in [3.05, 3.63) is 29.3 Å². The fraction of sp³-hybridized carbons (Fsp3) is 0.533. The van der Waals surface area contributed by atoms with Gasteiger partial charge in [-0.05, 0) is 45.2 Å². The minimum absolute atomic E-state index is 0.0776. The third kappa shape index (κ3) is 4.97. The minimum atomic E-state index is -0.603. The Hall–Kier alpha value is -1.45. The van der Waals surface area contributed by atoms with E-state index in [-0.39, 0.29) is 17.1 Å². The van der Waals surface area contributed by atoms with Crippen molar-refractivity contribution >= 4 is 5.78 Å². The number of Topliss-reactive ketones (excluding diaryl/α,β-unsaturated/α-hetero) is 1. The van der Waals surface area contributed by atoms with Crippen molar-refractivity contribution in [3.8, 4) is 5.75 Å². The van der Waals surface area contributed by atoms with E-state index in [2.05, 4.69) is 0 Å². The van der Waals surface area contributed by atoms with E-state index in [0.29, 0.717) is 25.9 Å². The van der Waals surface area contributed by atoms with Crippen molar-refractivity contribution in [1.82, 2.24) is 0 Å². The molecule has 0 atom stereocenters. The highest BCUT2D eigenvalue weighted by Crippen LogP contribution is 2.25. The van der Waals surface area contributed by atoms with Crippen LogP contribution in [0.25, 0.3) is 0 Å². The summed E-state index contributed by atoms with van der Waals surface area (Å²) in [5.74, 6) is -0.890. The van der Waals surface area contributed by atoms with Crippen LogP contribution in [0.15, 0.2) is 12.1 Å². The van der Waals surface area contributed by atoms with Gasteiger partial charge in [0, 0.05) is 12.0 Å². The molecular weight excluding hydrogens is 250 g/mol. The van der Waals surface area contributed by atoms with Crippen LogP contribution in [0.5, 0.6) is 5.75 Å². The van der Waals surface area contributed by atoms with Gasteiger partial charge < -0.3 is 9.53 Å². The number of carbonyl (C=O) groups is 1. The first-order valence-electron chi connectivity index (χ1n) is 6.65. The van der Waals surface area contributed by atoms with E-state index in [1.807, 2.05) is 0 Å². The number of rotatable bonds is 8. The third-order valence-electron chi connectivity index (χ3n) is 2.91. The fourth-order valence-corrected chi connectivity index (χ4v) is 1.92. The average molecular weight is 270 g/mol. The number of hydrogen-bond acceptors (Lipinski definition) is 2. The van der Waals surface area contributed by atoms with Crippen LogP contribution >= 0.6 is 0 Å². The maximum Gasteiger partial charge on any atom is 0.171 e. The molecule has 0 aliphatic carbocycles. The highest BCUT2D eigenvalue weighted by Gasteiger charge is 2.14. The van der Waals surface area contributed by atoms with Gasteiger partial charge in [0.15, 0.2) is 11.6 Å². The molecule has 0 bridgehead atoms. The maximum atomic E-state index is 13.9. The number of benzene rings is 1.